The zero-order valence-electron chi connectivity index (χ0n) is 11.2. The molecule has 21 heavy (non-hydrogen) atoms. The molecule has 0 saturated carbocycles. The SMILES string of the molecule is CNCc1ccoc1COc1ccc(OC(F)(F)F)cc1. The smallest absolute Gasteiger partial charge is 0.486 e. The first-order valence-corrected chi connectivity index (χ1v) is 6.16. The maximum absolute atomic E-state index is 12.0. The lowest BCUT2D eigenvalue weighted by Gasteiger charge is -2.10. The van der Waals surface area contributed by atoms with Gasteiger partial charge in [-0.2, -0.15) is 0 Å². The summed E-state index contributed by atoms with van der Waals surface area (Å²) < 4.78 is 50.6. The molecule has 0 saturated heterocycles. The molecule has 114 valence electrons. The highest BCUT2D eigenvalue weighted by Crippen LogP contribution is 2.25. The fourth-order valence-electron chi connectivity index (χ4n) is 1.73. The van der Waals surface area contributed by atoms with Gasteiger partial charge >= 0.3 is 6.36 Å². The van der Waals surface area contributed by atoms with Gasteiger partial charge in [0, 0.05) is 12.1 Å². The summed E-state index contributed by atoms with van der Waals surface area (Å²) in [4.78, 5) is 0. The van der Waals surface area contributed by atoms with Gasteiger partial charge in [-0.1, -0.05) is 0 Å². The van der Waals surface area contributed by atoms with E-state index in [1.54, 1.807) is 6.26 Å². The second-order valence-corrected chi connectivity index (χ2v) is 4.21. The van der Waals surface area contributed by atoms with E-state index in [1.807, 2.05) is 13.1 Å². The van der Waals surface area contributed by atoms with Gasteiger partial charge in [-0.05, 0) is 37.4 Å². The third-order valence-electron chi connectivity index (χ3n) is 2.63. The standard InChI is InChI=1S/C14H14F3NO3/c1-18-8-10-6-7-19-13(10)9-20-11-2-4-12(5-3-11)21-14(15,16)17/h2-7,18H,8-9H2,1H3. The third kappa shape index (κ3) is 4.71. The van der Waals surface area contributed by atoms with Crippen molar-refractivity contribution in [1.29, 1.82) is 0 Å². The summed E-state index contributed by atoms with van der Waals surface area (Å²) in [5.74, 6) is 0.806. The molecule has 2 rings (SSSR count). The molecular formula is C14H14F3NO3. The van der Waals surface area contributed by atoms with Crippen molar-refractivity contribution in [2.75, 3.05) is 7.05 Å². The highest BCUT2D eigenvalue weighted by Gasteiger charge is 2.30. The average Bonchev–Trinajstić information content (AvgIpc) is 2.84. The third-order valence-corrected chi connectivity index (χ3v) is 2.63. The second-order valence-electron chi connectivity index (χ2n) is 4.21. The molecule has 1 heterocycles. The first-order valence-electron chi connectivity index (χ1n) is 6.16. The highest BCUT2D eigenvalue weighted by atomic mass is 19.4. The van der Waals surface area contributed by atoms with Crippen LogP contribution in [0.2, 0.25) is 0 Å². The minimum atomic E-state index is -4.70. The van der Waals surface area contributed by atoms with Crippen LogP contribution < -0.4 is 14.8 Å². The number of halogens is 3. The van der Waals surface area contributed by atoms with Crippen LogP contribution in [0, 0.1) is 0 Å². The first kappa shape index (κ1) is 15.2. The summed E-state index contributed by atoms with van der Waals surface area (Å²) in [5, 5.41) is 3.00. The van der Waals surface area contributed by atoms with Crippen molar-refractivity contribution in [3.63, 3.8) is 0 Å². The molecule has 1 N–H and O–H groups in total. The molecule has 0 amide bonds. The van der Waals surface area contributed by atoms with Gasteiger partial charge in [-0.15, -0.1) is 13.2 Å². The molecule has 0 spiro atoms. The minimum absolute atomic E-state index is 0.198. The normalized spacial score (nSPS) is 11.4. The second kappa shape index (κ2) is 6.53. The molecule has 0 bridgehead atoms. The molecule has 0 aliphatic rings. The van der Waals surface area contributed by atoms with Gasteiger partial charge in [0.25, 0.3) is 0 Å². The Labute approximate surface area is 119 Å². The summed E-state index contributed by atoms with van der Waals surface area (Å²) >= 11 is 0. The molecule has 0 aliphatic carbocycles. The molecular weight excluding hydrogens is 287 g/mol. The molecule has 1 aromatic heterocycles. The molecule has 7 heteroatoms. The Morgan fingerprint density at radius 3 is 2.38 bits per heavy atom. The van der Waals surface area contributed by atoms with E-state index in [2.05, 4.69) is 10.1 Å². The number of nitrogens with one attached hydrogen (secondary N) is 1. The summed E-state index contributed by atoms with van der Waals surface area (Å²) in [6, 6.07) is 7.03. The molecule has 0 atom stereocenters. The van der Waals surface area contributed by atoms with Gasteiger partial charge in [0.2, 0.25) is 0 Å². The quantitative estimate of drug-likeness (QED) is 0.887. The van der Waals surface area contributed by atoms with Gasteiger partial charge in [-0.3, -0.25) is 0 Å². The van der Waals surface area contributed by atoms with Gasteiger partial charge in [-0.25, -0.2) is 0 Å². The van der Waals surface area contributed by atoms with Crippen LogP contribution >= 0.6 is 0 Å². The Hall–Kier alpha value is -2.15. The molecule has 0 unspecified atom stereocenters. The Morgan fingerprint density at radius 1 is 1.10 bits per heavy atom. The van der Waals surface area contributed by atoms with Crippen LogP contribution in [0.3, 0.4) is 0 Å². The largest absolute Gasteiger partial charge is 0.573 e. The van der Waals surface area contributed by atoms with Crippen molar-refractivity contribution >= 4 is 0 Å². The topological polar surface area (TPSA) is 43.6 Å². The fourth-order valence-corrected chi connectivity index (χ4v) is 1.73. The van der Waals surface area contributed by atoms with Gasteiger partial charge in [0.15, 0.2) is 0 Å². The highest BCUT2D eigenvalue weighted by molar-refractivity contribution is 5.31. The van der Waals surface area contributed by atoms with Gasteiger partial charge < -0.3 is 19.2 Å². The van der Waals surface area contributed by atoms with Crippen LogP contribution in [0.5, 0.6) is 11.5 Å². The number of hydrogen-bond acceptors (Lipinski definition) is 4. The predicted octanol–water partition coefficient (Wildman–Crippen LogP) is 3.48. The summed E-state index contributed by atoms with van der Waals surface area (Å²) in [7, 11) is 1.82. The zero-order chi connectivity index (χ0) is 15.3. The predicted molar refractivity (Wildman–Crippen MR) is 68.9 cm³/mol. The van der Waals surface area contributed by atoms with E-state index >= 15 is 0 Å². The first-order chi connectivity index (χ1) is 9.98. The van der Waals surface area contributed by atoms with E-state index in [4.69, 9.17) is 9.15 Å². The minimum Gasteiger partial charge on any atom is -0.486 e. The molecule has 1 aromatic carbocycles. The Kier molecular flexibility index (Phi) is 4.74. The van der Waals surface area contributed by atoms with E-state index in [1.165, 1.54) is 24.3 Å². The van der Waals surface area contributed by atoms with E-state index in [0.717, 1.165) is 5.56 Å². The lowest BCUT2D eigenvalue weighted by atomic mass is 10.2. The zero-order valence-corrected chi connectivity index (χ0v) is 11.2. The number of furan rings is 1. The Bertz CT molecular complexity index is 564. The molecule has 0 fully saturated rings. The molecule has 4 nitrogen and oxygen atoms in total. The lowest BCUT2D eigenvalue weighted by Crippen LogP contribution is -2.16. The Balaban J connectivity index is 1.93. The summed E-state index contributed by atoms with van der Waals surface area (Å²) in [5.41, 5.74) is 0.967. The maximum Gasteiger partial charge on any atom is 0.573 e. The number of alkyl halides is 3. The summed E-state index contributed by atoms with van der Waals surface area (Å²) in [6.07, 6.45) is -3.13. The van der Waals surface area contributed by atoms with E-state index < -0.39 is 6.36 Å². The van der Waals surface area contributed by atoms with Crippen molar-refractivity contribution in [3.05, 3.63) is 47.9 Å². The number of hydrogen-bond donors (Lipinski definition) is 1. The van der Waals surface area contributed by atoms with Crippen LogP contribution in [0.15, 0.2) is 41.0 Å². The molecule has 0 aliphatic heterocycles. The van der Waals surface area contributed by atoms with Crippen molar-refractivity contribution in [2.45, 2.75) is 19.5 Å². The van der Waals surface area contributed by atoms with Crippen LogP contribution in [-0.2, 0) is 13.2 Å². The number of benzene rings is 1. The van der Waals surface area contributed by atoms with Crippen LogP contribution in [0.1, 0.15) is 11.3 Å². The number of ether oxygens (including phenoxy) is 2. The van der Waals surface area contributed by atoms with Crippen molar-refractivity contribution in [1.82, 2.24) is 5.32 Å². The van der Waals surface area contributed by atoms with Crippen LogP contribution in [-0.4, -0.2) is 13.4 Å². The van der Waals surface area contributed by atoms with Crippen molar-refractivity contribution in [2.24, 2.45) is 0 Å². The van der Waals surface area contributed by atoms with Gasteiger partial charge in [0.05, 0.1) is 6.26 Å². The molecule has 0 radical (unpaired) electrons. The average molecular weight is 301 g/mol. The van der Waals surface area contributed by atoms with E-state index in [0.29, 0.717) is 18.1 Å². The molecule has 2 aromatic rings. The maximum atomic E-state index is 12.0. The van der Waals surface area contributed by atoms with Crippen LogP contribution in [0.25, 0.3) is 0 Å². The van der Waals surface area contributed by atoms with Crippen molar-refractivity contribution < 1.29 is 27.1 Å². The monoisotopic (exact) mass is 301 g/mol. The summed E-state index contributed by atoms with van der Waals surface area (Å²) in [6.45, 7) is 0.844. The van der Waals surface area contributed by atoms with Crippen LogP contribution in [0.4, 0.5) is 13.2 Å². The Morgan fingerprint density at radius 2 is 1.76 bits per heavy atom. The fraction of sp³-hybridized carbons (Fsp3) is 0.286. The lowest BCUT2D eigenvalue weighted by molar-refractivity contribution is -0.274. The number of rotatable bonds is 6. The van der Waals surface area contributed by atoms with E-state index in [9.17, 15) is 13.2 Å². The van der Waals surface area contributed by atoms with Gasteiger partial charge in [0.1, 0.15) is 23.9 Å². The van der Waals surface area contributed by atoms with E-state index in [-0.39, 0.29) is 12.4 Å². The van der Waals surface area contributed by atoms with Crippen molar-refractivity contribution in [3.8, 4) is 11.5 Å².